The summed E-state index contributed by atoms with van der Waals surface area (Å²) >= 11 is 0. The molecule has 1 amide bonds. The molecular weight excluding hydrogens is 364 g/mol. The Morgan fingerprint density at radius 2 is 2.00 bits per heavy atom. The van der Waals surface area contributed by atoms with Gasteiger partial charge in [-0.05, 0) is 12.0 Å². The second-order valence-corrected chi connectivity index (χ2v) is 6.38. The Balaban J connectivity index is 1.58. The number of nitrogens with one attached hydrogen (secondary N) is 1. The molecule has 0 fully saturated rings. The van der Waals surface area contributed by atoms with E-state index in [0.29, 0.717) is 11.5 Å². The third-order valence-electron chi connectivity index (χ3n) is 3.96. The van der Waals surface area contributed by atoms with Crippen LogP contribution in [-0.4, -0.2) is 46.5 Å². The van der Waals surface area contributed by atoms with Crippen molar-refractivity contribution in [2.24, 2.45) is 0 Å². The Morgan fingerprint density at radius 1 is 1.18 bits per heavy atom. The van der Waals surface area contributed by atoms with Crippen molar-refractivity contribution in [3.8, 4) is 5.82 Å². The van der Waals surface area contributed by atoms with Gasteiger partial charge in [0.15, 0.2) is 5.82 Å². The molecule has 1 N–H and O–H groups in total. The third kappa shape index (κ3) is 4.55. The number of aromatic nitrogens is 7. The van der Waals surface area contributed by atoms with Gasteiger partial charge in [0.2, 0.25) is 5.91 Å². The minimum Gasteiger partial charge on any atom is -0.353 e. The summed E-state index contributed by atoms with van der Waals surface area (Å²) in [6, 6.07) is 4.33. The largest absolute Gasteiger partial charge is 0.353 e. The molecule has 0 saturated heterocycles. The Hall–Kier alpha value is -3.63. The zero-order chi connectivity index (χ0) is 20.1. The number of hydrogen-bond acceptors (Lipinski definition) is 7. The summed E-state index contributed by atoms with van der Waals surface area (Å²) in [6.45, 7) is 4.08. The molecule has 0 atom stereocenters. The summed E-state index contributed by atoms with van der Waals surface area (Å²) in [5.41, 5.74) is 0.0921. The van der Waals surface area contributed by atoms with Crippen molar-refractivity contribution in [3.63, 3.8) is 0 Å². The van der Waals surface area contributed by atoms with E-state index in [1.165, 1.54) is 51.1 Å². The van der Waals surface area contributed by atoms with Gasteiger partial charge in [0.05, 0.1) is 18.6 Å². The number of hydrogen-bond donors (Lipinski definition) is 1. The molecule has 0 aliphatic rings. The van der Waals surface area contributed by atoms with Crippen LogP contribution in [0.1, 0.15) is 25.5 Å². The summed E-state index contributed by atoms with van der Waals surface area (Å²) in [5, 5.41) is 10.8. The first kappa shape index (κ1) is 19.1. The van der Waals surface area contributed by atoms with E-state index >= 15 is 0 Å². The second kappa shape index (κ2) is 8.37. The summed E-state index contributed by atoms with van der Waals surface area (Å²) in [7, 11) is 0. The van der Waals surface area contributed by atoms with Crippen molar-refractivity contribution in [3.05, 3.63) is 63.6 Å². The molecule has 11 heteroatoms. The molecule has 0 aliphatic carbocycles. The van der Waals surface area contributed by atoms with E-state index in [4.69, 9.17) is 0 Å². The molecule has 0 aliphatic heterocycles. The first-order valence-corrected chi connectivity index (χ1v) is 8.70. The summed E-state index contributed by atoms with van der Waals surface area (Å²) in [5.74, 6) is 0.211. The fraction of sp³-hybridized carbons (Fsp3) is 0.353. The summed E-state index contributed by atoms with van der Waals surface area (Å²) in [6.07, 6.45) is 4.20. The molecule has 11 nitrogen and oxygen atoms in total. The number of amides is 1. The highest BCUT2D eigenvalue weighted by molar-refractivity contribution is 5.75. The lowest BCUT2D eigenvalue weighted by molar-refractivity contribution is -0.121. The summed E-state index contributed by atoms with van der Waals surface area (Å²) < 4.78 is 3.88. The molecule has 3 aromatic rings. The first-order valence-electron chi connectivity index (χ1n) is 8.70. The van der Waals surface area contributed by atoms with Gasteiger partial charge < -0.3 is 5.32 Å². The fourth-order valence-electron chi connectivity index (χ4n) is 2.43. The van der Waals surface area contributed by atoms with Crippen LogP contribution in [0.15, 0.2) is 46.8 Å². The molecular formula is C17H20N8O3. The van der Waals surface area contributed by atoms with Gasteiger partial charge in [-0.1, -0.05) is 13.8 Å². The van der Waals surface area contributed by atoms with Gasteiger partial charge in [0.1, 0.15) is 19.2 Å². The topological polar surface area (TPSA) is 130 Å². The van der Waals surface area contributed by atoms with Gasteiger partial charge in [0, 0.05) is 18.7 Å². The van der Waals surface area contributed by atoms with Gasteiger partial charge in [-0.3, -0.25) is 19.0 Å². The third-order valence-corrected chi connectivity index (χ3v) is 3.96. The highest BCUT2D eigenvalue weighted by Crippen LogP contribution is 2.07. The zero-order valence-electron chi connectivity index (χ0n) is 15.5. The predicted octanol–water partition coefficient (Wildman–Crippen LogP) is -0.679. The molecule has 0 aromatic carbocycles. The quantitative estimate of drug-likeness (QED) is 0.571. The van der Waals surface area contributed by atoms with Gasteiger partial charge in [-0.15, -0.1) is 5.10 Å². The Bertz CT molecular complexity index is 1070. The van der Waals surface area contributed by atoms with Gasteiger partial charge >= 0.3 is 0 Å². The van der Waals surface area contributed by atoms with Gasteiger partial charge in [-0.25, -0.2) is 19.3 Å². The highest BCUT2D eigenvalue weighted by atomic mass is 16.2. The van der Waals surface area contributed by atoms with Crippen molar-refractivity contribution < 1.29 is 4.79 Å². The average molecular weight is 384 g/mol. The average Bonchev–Trinajstić information content (AvgIpc) is 3.19. The van der Waals surface area contributed by atoms with Crippen LogP contribution in [-0.2, 0) is 17.9 Å². The van der Waals surface area contributed by atoms with Crippen LogP contribution in [0.5, 0.6) is 0 Å². The van der Waals surface area contributed by atoms with E-state index in [0.717, 1.165) is 0 Å². The van der Waals surface area contributed by atoms with Crippen LogP contribution in [0.3, 0.4) is 0 Å². The lowest BCUT2D eigenvalue weighted by atomic mass is 10.1. The molecule has 0 unspecified atom stereocenters. The molecule has 146 valence electrons. The van der Waals surface area contributed by atoms with E-state index < -0.39 is 0 Å². The van der Waals surface area contributed by atoms with E-state index in [9.17, 15) is 14.4 Å². The van der Waals surface area contributed by atoms with Crippen molar-refractivity contribution >= 4 is 5.91 Å². The fourth-order valence-corrected chi connectivity index (χ4v) is 2.43. The monoisotopic (exact) mass is 384 g/mol. The Kier molecular flexibility index (Phi) is 5.72. The molecule has 28 heavy (non-hydrogen) atoms. The minimum atomic E-state index is -0.360. The van der Waals surface area contributed by atoms with Crippen LogP contribution >= 0.6 is 0 Å². The Morgan fingerprint density at radius 3 is 2.68 bits per heavy atom. The van der Waals surface area contributed by atoms with E-state index in [-0.39, 0.29) is 42.6 Å². The van der Waals surface area contributed by atoms with Crippen LogP contribution < -0.4 is 16.4 Å². The lowest BCUT2D eigenvalue weighted by Gasteiger charge is -2.10. The maximum Gasteiger partial charge on any atom is 0.266 e. The van der Waals surface area contributed by atoms with Crippen molar-refractivity contribution in [2.45, 2.75) is 32.9 Å². The summed E-state index contributed by atoms with van der Waals surface area (Å²) in [4.78, 5) is 44.1. The SMILES string of the molecule is CC(C)c1cc(=O)n(CC(=O)NCCn2nc(-n3cncn3)ccc2=O)cn1. The van der Waals surface area contributed by atoms with Crippen LogP contribution in [0.2, 0.25) is 0 Å². The van der Waals surface area contributed by atoms with Crippen molar-refractivity contribution in [2.75, 3.05) is 6.54 Å². The molecule has 3 heterocycles. The van der Waals surface area contributed by atoms with Crippen molar-refractivity contribution in [1.82, 2.24) is 39.4 Å². The van der Waals surface area contributed by atoms with Crippen LogP contribution in [0, 0.1) is 0 Å². The van der Waals surface area contributed by atoms with Crippen molar-refractivity contribution in [1.29, 1.82) is 0 Å². The second-order valence-electron chi connectivity index (χ2n) is 6.38. The van der Waals surface area contributed by atoms with Gasteiger partial charge in [0.25, 0.3) is 11.1 Å². The van der Waals surface area contributed by atoms with Crippen LogP contribution in [0.25, 0.3) is 5.82 Å². The highest BCUT2D eigenvalue weighted by Gasteiger charge is 2.08. The van der Waals surface area contributed by atoms with E-state index in [2.05, 4.69) is 25.5 Å². The smallest absolute Gasteiger partial charge is 0.266 e. The van der Waals surface area contributed by atoms with E-state index in [1.807, 2.05) is 13.8 Å². The molecule has 3 aromatic heterocycles. The number of nitrogens with zero attached hydrogens (tertiary/aromatic N) is 7. The molecule has 0 radical (unpaired) electrons. The maximum atomic E-state index is 12.1. The van der Waals surface area contributed by atoms with Crippen LogP contribution in [0.4, 0.5) is 0 Å². The molecule has 3 rings (SSSR count). The number of carbonyl (C=O) groups is 1. The minimum absolute atomic E-state index is 0.135. The molecule has 0 saturated carbocycles. The predicted molar refractivity (Wildman–Crippen MR) is 99.0 cm³/mol. The number of rotatable bonds is 7. The molecule has 0 bridgehead atoms. The standard InChI is InChI=1S/C17H20N8O3/c1-12(2)13-7-17(28)23(11-20-13)8-15(26)19-5-6-24-16(27)4-3-14(22-24)25-10-18-9-21-25/h3-4,7,9-12H,5-6,8H2,1-2H3,(H,19,26). The zero-order valence-corrected chi connectivity index (χ0v) is 15.5. The number of carbonyl (C=O) groups excluding carboxylic acids is 1. The van der Waals surface area contributed by atoms with Gasteiger partial charge in [-0.2, -0.15) is 5.10 Å². The normalized spacial score (nSPS) is 11.0. The maximum absolute atomic E-state index is 12.1. The first-order chi connectivity index (χ1) is 13.4. The lowest BCUT2D eigenvalue weighted by Crippen LogP contribution is -2.36. The molecule has 0 spiro atoms. The Labute approximate surface area is 159 Å². The van der Waals surface area contributed by atoms with E-state index in [1.54, 1.807) is 0 Å².